The van der Waals surface area contributed by atoms with Gasteiger partial charge in [0.05, 0.1) is 13.2 Å². The summed E-state index contributed by atoms with van der Waals surface area (Å²) in [4.78, 5) is 2.49. The first-order valence-electron chi connectivity index (χ1n) is 8.41. The summed E-state index contributed by atoms with van der Waals surface area (Å²) in [6, 6.07) is 28.0. The summed E-state index contributed by atoms with van der Waals surface area (Å²) in [6.07, 6.45) is 1.07. The van der Waals surface area contributed by atoms with E-state index in [1.165, 1.54) is 22.4 Å². The van der Waals surface area contributed by atoms with E-state index in [1.54, 1.807) is 7.11 Å². The van der Waals surface area contributed by atoms with Crippen LogP contribution in [0.2, 0.25) is 0 Å². The van der Waals surface area contributed by atoms with E-state index in [2.05, 4.69) is 77.7 Å². The number of rotatable bonds is 3. The van der Waals surface area contributed by atoms with Gasteiger partial charge in [0, 0.05) is 17.8 Å². The van der Waals surface area contributed by atoms with Crippen molar-refractivity contribution in [1.82, 2.24) is 0 Å². The first kappa shape index (κ1) is 14.8. The van der Waals surface area contributed by atoms with Gasteiger partial charge in [-0.15, -0.1) is 0 Å². The summed E-state index contributed by atoms with van der Waals surface area (Å²) in [5, 5.41) is 0. The van der Waals surface area contributed by atoms with Crippen LogP contribution in [0.25, 0.3) is 0 Å². The second-order valence-electron chi connectivity index (χ2n) is 6.12. The lowest BCUT2D eigenvalue weighted by Gasteiger charge is -2.39. The van der Waals surface area contributed by atoms with Crippen LogP contribution in [0, 0.1) is 0 Å². The minimum atomic E-state index is 0.175. The van der Waals surface area contributed by atoms with Crippen LogP contribution in [0.4, 0.5) is 5.69 Å². The highest BCUT2D eigenvalue weighted by Gasteiger charge is 2.30. The van der Waals surface area contributed by atoms with E-state index in [-0.39, 0.29) is 6.04 Å². The highest BCUT2D eigenvalue weighted by atomic mass is 16.5. The Kier molecular flexibility index (Phi) is 3.96. The number of anilines is 1. The van der Waals surface area contributed by atoms with Gasteiger partial charge in [-0.1, -0.05) is 60.7 Å². The fourth-order valence-corrected chi connectivity index (χ4v) is 3.69. The van der Waals surface area contributed by atoms with Crippen molar-refractivity contribution in [2.75, 3.05) is 18.6 Å². The van der Waals surface area contributed by atoms with Crippen LogP contribution in [0.3, 0.4) is 0 Å². The number of fused-ring (bicyclic) bond motifs is 1. The summed E-state index contributed by atoms with van der Waals surface area (Å²) in [5.41, 5.74) is 5.27. The summed E-state index contributed by atoms with van der Waals surface area (Å²) < 4.78 is 5.67. The molecule has 1 atom stereocenters. The molecule has 0 spiro atoms. The van der Waals surface area contributed by atoms with Crippen LogP contribution in [-0.4, -0.2) is 13.7 Å². The number of hydrogen-bond donors (Lipinski definition) is 0. The van der Waals surface area contributed by atoms with E-state index in [0.29, 0.717) is 0 Å². The first-order valence-corrected chi connectivity index (χ1v) is 8.41. The van der Waals surface area contributed by atoms with Gasteiger partial charge in [0.1, 0.15) is 5.75 Å². The summed E-state index contributed by atoms with van der Waals surface area (Å²) in [6.45, 7) is 1.00. The van der Waals surface area contributed by atoms with Gasteiger partial charge in [0.25, 0.3) is 0 Å². The Labute approximate surface area is 143 Å². The van der Waals surface area contributed by atoms with Crippen LogP contribution in [0.15, 0.2) is 78.9 Å². The van der Waals surface area contributed by atoms with Crippen molar-refractivity contribution in [2.45, 2.75) is 12.5 Å². The van der Waals surface area contributed by atoms with Crippen LogP contribution >= 0.6 is 0 Å². The van der Waals surface area contributed by atoms with Gasteiger partial charge in [0.2, 0.25) is 0 Å². The molecule has 0 saturated heterocycles. The molecule has 0 radical (unpaired) electrons. The molecule has 2 heteroatoms. The average molecular weight is 315 g/mol. The zero-order valence-corrected chi connectivity index (χ0v) is 13.9. The molecule has 24 heavy (non-hydrogen) atoms. The molecule has 3 aromatic rings. The Balaban J connectivity index is 1.89. The Morgan fingerprint density at radius 2 is 1.46 bits per heavy atom. The van der Waals surface area contributed by atoms with Crippen molar-refractivity contribution in [1.29, 1.82) is 0 Å². The van der Waals surface area contributed by atoms with E-state index >= 15 is 0 Å². The minimum absolute atomic E-state index is 0.175. The van der Waals surface area contributed by atoms with Crippen LogP contribution in [0.1, 0.15) is 22.7 Å². The molecule has 2 nitrogen and oxygen atoms in total. The Hall–Kier alpha value is -2.74. The number of ether oxygens (including phenoxy) is 1. The molecule has 0 aliphatic carbocycles. The lowest BCUT2D eigenvalue weighted by molar-refractivity contribution is 0.406. The first-order chi connectivity index (χ1) is 11.9. The molecule has 0 bridgehead atoms. The highest BCUT2D eigenvalue weighted by Crippen LogP contribution is 2.41. The third-order valence-electron chi connectivity index (χ3n) is 4.80. The quantitative estimate of drug-likeness (QED) is 0.685. The van der Waals surface area contributed by atoms with Gasteiger partial charge in [-0.25, -0.2) is 0 Å². The fourth-order valence-electron chi connectivity index (χ4n) is 3.69. The van der Waals surface area contributed by atoms with E-state index in [0.717, 1.165) is 18.7 Å². The maximum absolute atomic E-state index is 5.67. The van der Waals surface area contributed by atoms with Crippen molar-refractivity contribution in [3.63, 3.8) is 0 Å². The molecule has 4 rings (SSSR count). The van der Waals surface area contributed by atoms with Crippen LogP contribution in [-0.2, 0) is 6.42 Å². The monoisotopic (exact) mass is 315 g/mol. The molecule has 0 saturated carbocycles. The molecule has 3 aromatic carbocycles. The van der Waals surface area contributed by atoms with Crippen molar-refractivity contribution in [3.8, 4) is 5.75 Å². The zero-order chi connectivity index (χ0) is 16.4. The molecule has 0 N–H and O–H groups in total. The molecular formula is C22H21NO. The SMILES string of the molecule is COc1ccccc1C1c2ccccc2CCN1c1ccccc1. The summed E-state index contributed by atoms with van der Waals surface area (Å²) in [7, 11) is 1.75. The summed E-state index contributed by atoms with van der Waals surface area (Å²) in [5.74, 6) is 0.945. The van der Waals surface area contributed by atoms with Gasteiger partial charge >= 0.3 is 0 Å². The zero-order valence-electron chi connectivity index (χ0n) is 13.9. The maximum atomic E-state index is 5.67. The fraction of sp³-hybridized carbons (Fsp3) is 0.182. The maximum Gasteiger partial charge on any atom is 0.124 e. The molecule has 0 aromatic heterocycles. The lowest BCUT2D eigenvalue weighted by Crippen LogP contribution is -2.36. The summed E-state index contributed by atoms with van der Waals surface area (Å²) >= 11 is 0. The van der Waals surface area contributed by atoms with Crippen molar-refractivity contribution in [2.24, 2.45) is 0 Å². The highest BCUT2D eigenvalue weighted by molar-refractivity contribution is 5.57. The smallest absolute Gasteiger partial charge is 0.124 e. The van der Waals surface area contributed by atoms with E-state index in [9.17, 15) is 0 Å². The molecule has 1 heterocycles. The van der Waals surface area contributed by atoms with Crippen molar-refractivity contribution < 1.29 is 4.74 Å². The molecule has 1 unspecified atom stereocenters. The number of methoxy groups -OCH3 is 1. The third-order valence-corrected chi connectivity index (χ3v) is 4.80. The second kappa shape index (κ2) is 6.40. The van der Waals surface area contributed by atoms with Crippen molar-refractivity contribution in [3.05, 3.63) is 95.6 Å². The van der Waals surface area contributed by atoms with E-state index in [4.69, 9.17) is 4.74 Å². The molecule has 0 fully saturated rings. The Morgan fingerprint density at radius 3 is 2.25 bits per heavy atom. The largest absolute Gasteiger partial charge is 0.496 e. The van der Waals surface area contributed by atoms with Crippen molar-refractivity contribution >= 4 is 5.69 Å². The van der Waals surface area contributed by atoms with E-state index < -0.39 is 0 Å². The number of para-hydroxylation sites is 2. The Morgan fingerprint density at radius 1 is 0.792 bits per heavy atom. The second-order valence-corrected chi connectivity index (χ2v) is 6.12. The van der Waals surface area contributed by atoms with Crippen LogP contribution in [0.5, 0.6) is 5.75 Å². The van der Waals surface area contributed by atoms with Gasteiger partial charge in [-0.05, 0) is 35.7 Å². The van der Waals surface area contributed by atoms with E-state index in [1.807, 2.05) is 6.07 Å². The molecule has 1 aliphatic heterocycles. The standard InChI is InChI=1S/C22H21NO/c1-24-21-14-8-7-13-20(21)22-19-12-6-5-9-17(19)15-16-23(22)18-10-3-2-4-11-18/h2-14,22H,15-16H2,1H3. The average Bonchev–Trinajstić information content (AvgIpc) is 2.67. The van der Waals surface area contributed by atoms with Gasteiger partial charge in [-0.3, -0.25) is 0 Å². The Bertz CT molecular complexity index is 828. The van der Waals surface area contributed by atoms with Gasteiger partial charge in [-0.2, -0.15) is 0 Å². The normalized spacial score (nSPS) is 16.5. The molecule has 0 amide bonds. The molecule has 1 aliphatic rings. The van der Waals surface area contributed by atoms with Gasteiger partial charge < -0.3 is 9.64 Å². The molecular weight excluding hydrogens is 294 g/mol. The van der Waals surface area contributed by atoms with Gasteiger partial charge in [0.15, 0.2) is 0 Å². The minimum Gasteiger partial charge on any atom is -0.496 e. The predicted molar refractivity (Wildman–Crippen MR) is 98.8 cm³/mol. The lowest BCUT2D eigenvalue weighted by atomic mass is 9.87. The topological polar surface area (TPSA) is 12.5 Å². The number of benzene rings is 3. The third kappa shape index (κ3) is 2.54. The number of nitrogens with zero attached hydrogens (tertiary/aromatic N) is 1. The number of hydrogen-bond acceptors (Lipinski definition) is 2. The van der Waals surface area contributed by atoms with Crippen LogP contribution < -0.4 is 9.64 Å². The predicted octanol–water partition coefficient (Wildman–Crippen LogP) is 4.85. The molecule has 120 valence electrons.